The van der Waals surface area contributed by atoms with E-state index in [2.05, 4.69) is 0 Å². The molecule has 2 atom stereocenters. The first-order valence-electron chi connectivity index (χ1n) is 7.61. The van der Waals surface area contributed by atoms with Crippen molar-refractivity contribution >= 4 is 11.9 Å². The van der Waals surface area contributed by atoms with Gasteiger partial charge in [0.15, 0.2) is 5.76 Å². The lowest BCUT2D eigenvalue weighted by Crippen LogP contribution is -2.30. The summed E-state index contributed by atoms with van der Waals surface area (Å²) in [7, 11) is 0. The van der Waals surface area contributed by atoms with Crippen molar-refractivity contribution in [1.82, 2.24) is 4.90 Å². The SMILES string of the molecule is Cc1cc(C)c(C(=O)N2C[C@H](C(=O)O)[C@H](c3ccccc3)C2)o1. The highest BCUT2D eigenvalue weighted by molar-refractivity contribution is 5.93. The highest BCUT2D eigenvalue weighted by atomic mass is 16.4. The molecular weight excluding hydrogens is 294 g/mol. The van der Waals surface area contributed by atoms with Crippen molar-refractivity contribution in [2.45, 2.75) is 19.8 Å². The van der Waals surface area contributed by atoms with Crippen molar-refractivity contribution in [1.29, 1.82) is 0 Å². The number of likely N-dealkylation sites (tertiary alicyclic amines) is 1. The molecule has 1 saturated heterocycles. The van der Waals surface area contributed by atoms with Crippen molar-refractivity contribution in [3.05, 3.63) is 59.0 Å². The summed E-state index contributed by atoms with van der Waals surface area (Å²) >= 11 is 0. The van der Waals surface area contributed by atoms with Crippen LogP contribution in [0.5, 0.6) is 0 Å². The minimum absolute atomic E-state index is 0.200. The van der Waals surface area contributed by atoms with E-state index in [0.29, 0.717) is 18.1 Å². The largest absolute Gasteiger partial charge is 0.481 e. The fourth-order valence-corrected chi connectivity index (χ4v) is 3.26. The minimum atomic E-state index is -0.874. The van der Waals surface area contributed by atoms with Crippen LogP contribution in [0.1, 0.15) is 33.4 Å². The Kier molecular flexibility index (Phi) is 3.94. The topological polar surface area (TPSA) is 70.8 Å². The predicted octanol–water partition coefficient (Wildman–Crippen LogP) is 2.84. The molecule has 23 heavy (non-hydrogen) atoms. The molecule has 1 N–H and O–H groups in total. The highest BCUT2D eigenvalue weighted by Crippen LogP contribution is 2.34. The minimum Gasteiger partial charge on any atom is -0.481 e. The lowest BCUT2D eigenvalue weighted by Gasteiger charge is -2.15. The molecule has 5 heteroatoms. The molecule has 2 heterocycles. The molecule has 3 rings (SSSR count). The Morgan fingerprint density at radius 3 is 2.43 bits per heavy atom. The maximum absolute atomic E-state index is 12.7. The number of aliphatic carboxylic acids is 1. The summed E-state index contributed by atoms with van der Waals surface area (Å²) in [6.07, 6.45) is 0. The molecule has 1 aliphatic heterocycles. The van der Waals surface area contributed by atoms with Crippen molar-refractivity contribution in [2.75, 3.05) is 13.1 Å². The van der Waals surface area contributed by atoms with Gasteiger partial charge < -0.3 is 14.4 Å². The summed E-state index contributed by atoms with van der Waals surface area (Å²) in [6, 6.07) is 11.3. The number of amides is 1. The summed E-state index contributed by atoms with van der Waals surface area (Å²) < 4.78 is 5.49. The third-order valence-corrected chi connectivity index (χ3v) is 4.39. The second-order valence-corrected chi connectivity index (χ2v) is 6.04. The highest BCUT2D eigenvalue weighted by Gasteiger charge is 2.41. The maximum atomic E-state index is 12.7. The summed E-state index contributed by atoms with van der Waals surface area (Å²) in [5.74, 6) is -0.923. The molecule has 0 spiro atoms. The van der Waals surface area contributed by atoms with Gasteiger partial charge in [0.2, 0.25) is 0 Å². The average molecular weight is 313 g/mol. The zero-order chi connectivity index (χ0) is 16.6. The van der Waals surface area contributed by atoms with Crippen molar-refractivity contribution in [2.24, 2.45) is 5.92 Å². The molecule has 1 fully saturated rings. The molecule has 0 unspecified atom stereocenters. The van der Waals surface area contributed by atoms with Crippen LogP contribution in [0.15, 0.2) is 40.8 Å². The van der Waals surface area contributed by atoms with Gasteiger partial charge in [-0.3, -0.25) is 9.59 Å². The summed E-state index contributed by atoms with van der Waals surface area (Å²) in [4.78, 5) is 25.9. The predicted molar refractivity (Wildman–Crippen MR) is 84.4 cm³/mol. The number of nitrogens with zero attached hydrogens (tertiary/aromatic N) is 1. The first-order valence-corrected chi connectivity index (χ1v) is 7.61. The van der Waals surface area contributed by atoms with E-state index in [9.17, 15) is 14.7 Å². The van der Waals surface area contributed by atoms with E-state index >= 15 is 0 Å². The molecule has 5 nitrogen and oxygen atoms in total. The number of carbonyl (C=O) groups excluding carboxylic acids is 1. The fraction of sp³-hybridized carbons (Fsp3) is 0.333. The number of rotatable bonds is 3. The maximum Gasteiger partial charge on any atom is 0.308 e. The molecule has 0 radical (unpaired) electrons. The zero-order valence-electron chi connectivity index (χ0n) is 13.2. The first kappa shape index (κ1) is 15.3. The monoisotopic (exact) mass is 313 g/mol. The van der Waals surface area contributed by atoms with Crippen molar-refractivity contribution < 1.29 is 19.1 Å². The second kappa shape index (κ2) is 5.91. The molecule has 1 aromatic heterocycles. The van der Waals surface area contributed by atoms with E-state index in [1.54, 1.807) is 11.8 Å². The average Bonchev–Trinajstić information content (AvgIpc) is 3.11. The van der Waals surface area contributed by atoms with Gasteiger partial charge in [-0.05, 0) is 25.5 Å². The molecule has 2 aromatic rings. The van der Waals surface area contributed by atoms with Crippen LogP contribution in [0.4, 0.5) is 0 Å². The zero-order valence-corrected chi connectivity index (χ0v) is 13.2. The summed E-state index contributed by atoms with van der Waals surface area (Å²) in [5, 5.41) is 9.51. The third-order valence-electron chi connectivity index (χ3n) is 4.39. The van der Waals surface area contributed by atoms with Crippen molar-refractivity contribution in [3.63, 3.8) is 0 Å². The number of hydrogen-bond acceptors (Lipinski definition) is 3. The van der Waals surface area contributed by atoms with E-state index in [1.165, 1.54) is 0 Å². The third kappa shape index (κ3) is 2.86. The molecule has 0 saturated carbocycles. The van der Waals surface area contributed by atoms with E-state index in [4.69, 9.17) is 4.42 Å². The van der Waals surface area contributed by atoms with Gasteiger partial charge in [0.1, 0.15) is 5.76 Å². The fourth-order valence-electron chi connectivity index (χ4n) is 3.26. The van der Waals surface area contributed by atoms with Gasteiger partial charge in [-0.15, -0.1) is 0 Å². The molecule has 1 aromatic carbocycles. The quantitative estimate of drug-likeness (QED) is 0.946. The van der Waals surface area contributed by atoms with Gasteiger partial charge >= 0.3 is 5.97 Å². The molecule has 1 aliphatic rings. The van der Waals surface area contributed by atoms with Crippen LogP contribution in [0.25, 0.3) is 0 Å². The Labute approximate surface area is 134 Å². The number of carboxylic acids is 1. The normalized spacial score (nSPS) is 20.7. The number of carbonyl (C=O) groups is 2. The van der Waals surface area contributed by atoms with Crippen LogP contribution in [0.3, 0.4) is 0 Å². The van der Waals surface area contributed by atoms with Crippen LogP contribution < -0.4 is 0 Å². The van der Waals surface area contributed by atoms with Gasteiger partial charge in [-0.2, -0.15) is 0 Å². The van der Waals surface area contributed by atoms with Gasteiger partial charge in [0, 0.05) is 24.6 Å². The Morgan fingerprint density at radius 1 is 1.17 bits per heavy atom. The molecule has 120 valence electrons. The van der Waals surface area contributed by atoms with Crippen LogP contribution in [0, 0.1) is 19.8 Å². The smallest absolute Gasteiger partial charge is 0.308 e. The Bertz CT molecular complexity index is 735. The molecule has 0 bridgehead atoms. The number of hydrogen-bond donors (Lipinski definition) is 1. The van der Waals surface area contributed by atoms with E-state index in [0.717, 1.165) is 11.1 Å². The van der Waals surface area contributed by atoms with Crippen LogP contribution in [-0.2, 0) is 4.79 Å². The van der Waals surface area contributed by atoms with Crippen LogP contribution in [0.2, 0.25) is 0 Å². The summed E-state index contributed by atoms with van der Waals surface area (Å²) in [6.45, 7) is 4.20. The Morgan fingerprint density at radius 2 is 1.87 bits per heavy atom. The lowest BCUT2D eigenvalue weighted by atomic mass is 9.89. The van der Waals surface area contributed by atoms with E-state index < -0.39 is 11.9 Å². The molecule has 0 aliphatic carbocycles. The number of carboxylic acid groups (broad SMARTS) is 1. The summed E-state index contributed by atoms with van der Waals surface area (Å²) in [5.41, 5.74) is 1.73. The lowest BCUT2D eigenvalue weighted by molar-refractivity contribution is -0.141. The standard InChI is InChI=1S/C18H19NO4/c1-11-8-12(2)23-16(11)17(20)19-9-14(15(10-19)18(21)22)13-6-4-3-5-7-13/h3-8,14-15H,9-10H2,1-2H3,(H,21,22)/t14-,15-/m0/s1. The molecular formula is C18H19NO4. The number of furan rings is 1. The Balaban J connectivity index is 1.87. The van der Waals surface area contributed by atoms with E-state index in [1.807, 2.05) is 43.3 Å². The van der Waals surface area contributed by atoms with Gasteiger partial charge in [0.05, 0.1) is 5.92 Å². The van der Waals surface area contributed by atoms with Crippen LogP contribution in [-0.4, -0.2) is 35.0 Å². The Hall–Kier alpha value is -2.56. The van der Waals surface area contributed by atoms with E-state index in [-0.39, 0.29) is 18.4 Å². The molecule has 1 amide bonds. The van der Waals surface area contributed by atoms with Gasteiger partial charge in [-0.25, -0.2) is 0 Å². The second-order valence-electron chi connectivity index (χ2n) is 6.04. The number of aryl methyl sites for hydroxylation is 2. The van der Waals surface area contributed by atoms with Gasteiger partial charge in [0.25, 0.3) is 5.91 Å². The first-order chi connectivity index (χ1) is 11.0. The van der Waals surface area contributed by atoms with Gasteiger partial charge in [-0.1, -0.05) is 30.3 Å². The van der Waals surface area contributed by atoms with Crippen LogP contribution >= 0.6 is 0 Å². The number of benzene rings is 1. The van der Waals surface area contributed by atoms with Crippen molar-refractivity contribution in [3.8, 4) is 0 Å².